The van der Waals surface area contributed by atoms with Gasteiger partial charge in [0.15, 0.2) is 0 Å². The highest BCUT2D eigenvalue weighted by Gasteiger charge is 2.51. The van der Waals surface area contributed by atoms with E-state index in [1.165, 1.54) is 7.05 Å². The predicted molar refractivity (Wildman–Crippen MR) is 71.3 cm³/mol. The maximum atomic E-state index is 12.4. The molecule has 2 aliphatic rings. The van der Waals surface area contributed by atoms with Crippen molar-refractivity contribution in [2.24, 2.45) is 0 Å². The van der Waals surface area contributed by atoms with Gasteiger partial charge in [-0.15, -0.1) is 0 Å². The maximum absolute atomic E-state index is 12.4. The van der Waals surface area contributed by atoms with Crippen molar-refractivity contribution >= 4 is 23.8 Å². The lowest BCUT2D eigenvalue weighted by molar-refractivity contribution is -0.144. The quantitative estimate of drug-likeness (QED) is 0.698. The second kappa shape index (κ2) is 5.71. The number of nitrogens with zero attached hydrogens (tertiary/aromatic N) is 2. The zero-order valence-corrected chi connectivity index (χ0v) is 11.9. The molecule has 0 radical (unpaired) electrons. The summed E-state index contributed by atoms with van der Waals surface area (Å²) in [6.45, 7) is -0.885. The van der Waals surface area contributed by atoms with Crippen molar-refractivity contribution in [3.63, 3.8) is 0 Å². The normalized spacial score (nSPS) is 20.5. The molecule has 1 aliphatic carbocycles. The molecule has 2 fully saturated rings. The van der Waals surface area contributed by atoms with Crippen molar-refractivity contribution < 1.29 is 24.3 Å². The SMILES string of the molecule is CN(CC(=O)O)C(=O)CN1C(=O)NC2(CCCCC2)C1=O. The van der Waals surface area contributed by atoms with E-state index >= 15 is 0 Å². The average Bonchev–Trinajstić information content (AvgIpc) is 2.63. The fourth-order valence-corrected chi connectivity index (χ4v) is 2.86. The minimum absolute atomic E-state index is 0.371. The van der Waals surface area contributed by atoms with E-state index in [4.69, 9.17) is 5.11 Å². The molecule has 1 saturated carbocycles. The standard InChI is InChI=1S/C13H19N3O5/c1-15(8-10(18)19)9(17)7-16-11(20)13(14-12(16)21)5-3-2-4-6-13/h2-8H2,1H3,(H,14,21)(H,18,19). The highest BCUT2D eigenvalue weighted by atomic mass is 16.4. The van der Waals surface area contributed by atoms with E-state index in [1.807, 2.05) is 0 Å². The number of amides is 4. The van der Waals surface area contributed by atoms with Crippen molar-refractivity contribution in [2.75, 3.05) is 20.1 Å². The van der Waals surface area contributed by atoms with Crippen LogP contribution >= 0.6 is 0 Å². The molecule has 0 unspecified atom stereocenters. The predicted octanol–water partition coefficient (Wildman–Crippen LogP) is -0.216. The van der Waals surface area contributed by atoms with Crippen LogP contribution < -0.4 is 5.32 Å². The average molecular weight is 297 g/mol. The molecular formula is C13H19N3O5. The van der Waals surface area contributed by atoms with Crippen molar-refractivity contribution in [2.45, 2.75) is 37.6 Å². The van der Waals surface area contributed by atoms with Crippen LogP contribution in [0.5, 0.6) is 0 Å². The molecule has 2 N–H and O–H groups in total. The number of rotatable bonds is 4. The summed E-state index contributed by atoms with van der Waals surface area (Å²) in [7, 11) is 1.32. The van der Waals surface area contributed by atoms with E-state index in [0.717, 1.165) is 29.1 Å². The Kier molecular flexibility index (Phi) is 4.15. The smallest absolute Gasteiger partial charge is 0.325 e. The van der Waals surface area contributed by atoms with Crippen LogP contribution in [-0.2, 0) is 14.4 Å². The third-order valence-corrected chi connectivity index (χ3v) is 4.04. The van der Waals surface area contributed by atoms with Crippen LogP contribution in [0.2, 0.25) is 0 Å². The van der Waals surface area contributed by atoms with Gasteiger partial charge >= 0.3 is 12.0 Å². The number of carbonyl (C=O) groups is 4. The molecule has 21 heavy (non-hydrogen) atoms. The second-order valence-corrected chi connectivity index (χ2v) is 5.61. The Balaban J connectivity index is 2.03. The Labute approximate surface area is 122 Å². The second-order valence-electron chi connectivity index (χ2n) is 5.61. The molecule has 116 valence electrons. The lowest BCUT2D eigenvalue weighted by atomic mass is 9.82. The summed E-state index contributed by atoms with van der Waals surface area (Å²) in [5.74, 6) is -2.09. The maximum Gasteiger partial charge on any atom is 0.325 e. The van der Waals surface area contributed by atoms with E-state index < -0.39 is 36.5 Å². The highest BCUT2D eigenvalue weighted by molar-refractivity contribution is 6.09. The first-order chi connectivity index (χ1) is 9.85. The van der Waals surface area contributed by atoms with E-state index in [-0.39, 0.29) is 5.91 Å². The molecular weight excluding hydrogens is 278 g/mol. The van der Waals surface area contributed by atoms with E-state index in [1.54, 1.807) is 0 Å². The van der Waals surface area contributed by atoms with E-state index in [2.05, 4.69) is 5.32 Å². The Morgan fingerprint density at radius 3 is 2.48 bits per heavy atom. The summed E-state index contributed by atoms with van der Waals surface area (Å²) in [6, 6.07) is -0.570. The lowest BCUT2D eigenvalue weighted by Crippen LogP contribution is -2.49. The number of likely N-dealkylation sites (N-methyl/N-ethyl adjacent to an activating group) is 1. The number of carbonyl (C=O) groups excluding carboxylic acids is 3. The topological polar surface area (TPSA) is 107 Å². The molecule has 1 saturated heterocycles. The third-order valence-electron chi connectivity index (χ3n) is 4.04. The van der Waals surface area contributed by atoms with Crippen LogP contribution in [0.15, 0.2) is 0 Å². The van der Waals surface area contributed by atoms with Gasteiger partial charge in [-0.05, 0) is 12.8 Å². The molecule has 4 amide bonds. The number of carboxylic acids is 1. The first-order valence-electron chi connectivity index (χ1n) is 6.95. The Hall–Kier alpha value is -2.12. The fraction of sp³-hybridized carbons (Fsp3) is 0.692. The molecule has 1 aliphatic heterocycles. The zero-order valence-electron chi connectivity index (χ0n) is 11.9. The molecule has 0 atom stereocenters. The lowest BCUT2D eigenvalue weighted by Gasteiger charge is -2.30. The number of hydrogen-bond donors (Lipinski definition) is 2. The number of aliphatic carboxylic acids is 1. The van der Waals surface area contributed by atoms with Crippen LogP contribution in [0, 0.1) is 0 Å². The van der Waals surface area contributed by atoms with Gasteiger partial charge in [0.05, 0.1) is 0 Å². The van der Waals surface area contributed by atoms with Crippen LogP contribution in [0.1, 0.15) is 32.1 Å². The van der Waals surface area contributed by atoms with Gasteiger partial charge < -0.3 is 15.3 Å². The largest absolute Gasteiger partial charge is 0.480 e. The van der Waals surface area contributed by atoms with Crippen molar-refractivity contribution in [3.8, 4) is 0 Å². The minimum Gasteiger partial charge on any atom is -0.480 e. The molecule has 1 heterocycles. The number of hydrogen-bond acceptors (Lipinski definition) is 4. The van der Waals surface area contributed by atoms with Gasteiger partial charge in [0.25, 0.3) is 5.91 Å². The van der Waals surface area contributed by atoms with Gasteiger partial charge in [-0.1, -0.05) is 19.3 Å². The summed E-state index contributed by atoms with van der Waals surface area (Å²) < 4.78 is 0. The number of carboxylic acid groups (broad SMARTS) is 1. The summed E-state index contributed by atoms with van der Waals surface area (Å²) in [5, 5.41) is 11.3. The Morgan fingerprint density at radius 1 is 1.29 bits per heavy atom. The molecule has 0 aromatic carbocycles. The summed E-state index contributed by atoms with van der Waals surface area (Å²) in [4.78, 5) is 48.7. The number of urea groups is 1. The van der Waals surface area contributed by atoms with Crippen molar-refractivity contribution in [3.05, 3.63) is 0 Å². The van der Waals surface area contributed by atoms with Gasteiger partial charge in [-0.3, -0.25) is 19.3 Å². The monoisotopic (exact) mass is 297 g/mol. The molecule has 8 heteroatoms. The summed E-state index contributed by atoms with van der Waals surface area (Å²) >= 11 is 0. The van der Waals surface area contributed by atoms with Crippen LogP contribution in [0.3, 0.4) is 0 Å². The Morgan fingerprint density at radius 2 is 1.90 bits per heavy atom. The number of nitrogens with one attached hydrogen (secondary N) is 1. The third kappa shape index (κ3) is 2.98. The van der Waals surface area contributed by atoms with Gasteiger partial charge in [-0.2, -0.15) is 0 Å². The molecule has 0 bridgehead atoms. The van der Waals surface area contributed by atoms with Gasteiger partial charge in [0.1, 0.15) is 18.6 Å². The van der Waals surface area contributed by atoms with Crippen LogP contribution in [0.25, 0.3) is 0 Å². The van der Waals surface area contributed by atoms with Crippen LogP contribution in [0.4, 0.5) is 4.79 Å². The first kappa shape index (κ1) is 15.3. The molecule has 2 rings (SSSR count). The Bertz CT molecular complexity index is 484. The molecule has 8 nitrogen and oxygen atoms in total. The fourth-order valence-electron chi connectivity index (χ4n) is 2.86. The minimum atomic E-state index is -1.15. The molecule has 1 spiro atoms. The van der Waals surface area contributed by atoms with Crippen LogP contribution in [-0.4, -0.2) is 64.4 Å². The van der Waals surface area contributed by atoms with Gasteiger partial charge in [-0.25, -0.2) is 4.79 Å². The zero-order chi connectivity index (χ0) is 15.6. The van der Waals surface area contributed by atoms with Gasteiger partial charge in [0, 0.05) is 7.05 Å². The first-order valence-corrected chi connectivity index (χ1v) is 6.95. The van der Waals surface area contributed by atoms with Crippen molar-refractivity contribution in [1.29, 1.82) is 0 Å². The molecule has 0 aromatic heterocycles. The summed E-state index contributed by atoms with van der Waals surface area (Å²) in [6.07, 6.45) is 3.95. The van der Waals surface area contributed by atoms with Gasteiger partial charge in [0.2, 0.25) is 5.91 Å². The highest BCUT2D eigenvalue weighted by Crippen LogP contribution is 2.33. The van der Waals surface area contributed by atoms with E-state index in [9.17, 15) is 19.2 Å². The molecule has 0 aromatic rings. The van der Waals surface area contributed by atoms with E-state index in [0.29, 0.717) is 12.8 Å². The summed E-state index contributed by atoms with van der Waals surface area (Å²) in [5.41, 5.74) is -0.860. The number of imide groups is 1. The van der Waals surface area contributed by atoms with Crippen molar-refractivity contribution in [1.82, 2.24) is 15.1 Å².